The summed E-state index contributed by atoms with van der Waals surface area (Å²) < 4.78 is 1.54. The summed E-state index contributed by atoms with van der Waals surface area (Å²) in [7, 11) is 0. The third-order valence-corrected chi connectivity index (χ3v) is 4.70. The second kappa shape index (κ2) is 7.96. The van der Waals surface area contributed by atoms with Crippen LogP contribution >= 0.6 is 0 Å². The van der Waals surface area contributed by atoms with Crippen molar-refractivity contribution in [3.8, 4) is 0 Å². The summed E-state index contributed by atoms with van der Waals surface area (Å²) in [5, 5.41) is 4.51. The number of hydrogen-bond acceptors (Lipinski definition) is 6. The molecular weight excluding hydrogens is 344 g/mol. The Bertz CT molecular complexity index is 835. The van der Waals surface area contributed by atoms with Crippen molar-refractivity contribution in [3.63, 3.8) is 0 Å². The fourth-order valence-corrected chi connectivity index (χ4v) is 2.99. The first-order chi connectivity index (χ1) is 12.8. The van der Waals surface area contributed by atoms with Gasteiger partial charge in [-0.3, -0.25) is 19.5 Å². The van der Waals surface area contributed by atoms with E-state index in [2.05, 4.69) is 40.7 Å². The van der Waals surface area contributed by atoms with E-state index in [1.165, 1.54) is 17.1 Å². The molecule has 0 bridgehead atoms. The quantitative estimate of drug-likeness (QED) is 0.791. The lowest BCUT2D eigenvalue weighted by Crippen LogP contribution is -2.49. The fourth-order valence-electron chi connectivity index (χ4n) is 2.99. The second-order valence-electron chi connectivity index (χ2n) is 7.75. The van der Waals surface area contributed by atoms with Crippen LogP contribution in [0.2, 0.25) is 0 Å². The molecule has 0 N–H and O–H groups in total. The zero-order chi connectivity index (χ0) is 19.4. The van der Waals surface area contributed by atoms with E-state index in [0.717, 1.165) is 25.3 Å². The van der Waals surface area contributed by atoms with Crippen molar-refractivity contribution in [2.24, 2.45) is 0 Å². The zero-order valence-electron chi connectivity index (χ0n) is 16.1. The van der Waals surface area contributed by atoms with Crippen molar-refractivity contribution < 1.29 is 4.79 Å². The molecule has 2 aromatic heterocycles. The summed E-state index contributed by atoms with van der Waals surface area (Å²) in [6.07, 6.45) is 4.58. The Morgan fingerprint density at radius 1 is 1.07 bits per heavy atom. The molecule has 0 aromatic carbocycles. The van der Waals surface area contributed by atoms with Gasteiger partial charge in [0.05, 0.1) is 18.4 Å². The maximum Gasteiger partial charge on any atom is 0.274 e. The minimum absolute atomic E-state index is 0.0838. The smallest absolute Gasteiger partial charge is 0.274 e. The molecule has 144 valence electrons. The van der Waals surface area contributed by atoms with E-state index >= 15 is 0 Å². The van der Waals surface area contributed by atoms with E-state index < -0.39 is 0 Å². The lowest BCUT2D eigenvalue weighted by molar-refractivity contribution is 0.0625. The number of carbonyl (C=O) groups is 1. The van der Waals surface area contributed by atoms with Crippen molar-refractivity contribution in [2.75, 3.05) is 32.7 Å². The summed E-state index contributed by atoms with van der Waals surface area (Å²) in [4.78, 5) is 36.6. The molecule has 1 aliphatic rings. The van der Waals surface area contributed by atoms with Crippen LogP contribution in [0.5, 0.6) is 0 Å². The van der Waals surface area contributed by atoms with Gasteiger partial charge in [-0.05, 0) is 6.07 Å². The van der Waals surface area contributed by atoms with Crippen LogP contribution in [0.25, 0.3) is 0 Å². The number of aromatic nitrogens is 4. The molecule has 1 aliphatic heterocycles. The minimum Gasteiger partial charge on any atom is -0.335 e. The number of hydrogen-bond donors (Lipinski definition) is 0. The van der Waals surface area contributed by atoms with Crippen LogP contribution < -0.4 is 5.56 Å². The number of carbonyl (C=O) groups excluding carboxylic acids is 1. The van der Waals surface area contributed by atoms with Crippen LogP contribution in [0.3, 0.4) is 0 Å². The summed E-state index contributed by atoms with van der Waals surface area (Å²) in [5.41, 5.74) is 1.10. The zero-order valence-corrected chi connectivity index (χ0v) is 16.1. The van der Waals surface area contributed by atoms with E-state index in [1.54, 1.807) is 23.2 Å². The lowest BCUT2D eigenvalue weighted by Gasteiger charge is -2.34. The average Bonchev–Trinajstić information content (AvgIpc) is 2.67. The molecule has 3 heterocycles. The van der Waals surface area contributed by atoms with Gasteiger partial charge < -0.3 is 4.90 Å². The standard InChI is InChI=1S/C19H26N6O2/c1-19(2,3)16-4-5-17(26)25(22-16)13-10-23-8-11-24(12-9-23)18(27)15-14-20-6-7-21-15/h4-7,14H,8-13H2,1-3H3. The Kier molecular flexibility index (Phi) is 5.65. The molecule has 1 fully saturated rings. The van der Waals surface area contributed by atoms with Crippen molar-refractivity contribution in [3.05, 3.63) is 52.5 Å². The number of nitrogens with zero attached hydrogens (tertiary/aromatic N) is 6. The van der Waals surface area contributed by atoms with Crippen LogP contribution in [-0.4, -0.2) is 68.2 Å². The van der Waals surface area contributed by atoms with E-state index in [9.17, 15) is 9.59 Å². The first-order valence-corrected chi connectivity index (χ1v) is 9.21. The predicted molar refractivity (Wildman–Crippen MR) is 102 cm³/mol. The Hall–Kier alpha value is -2.61. The van der Waals surface area contributed by atoms with Crippen LogP contribution in [0.1, 0.15) is 37.0 Å². The molecule has 0 aliphatic carbocycles. The first-order valence-electron chi connectivity index (χ1n) is 9.21. The van der Waals surface area contributed by atoms with Crippen molar-refractivity contribution in [1.29, 1.82) is 0 Å². The highest BCUT2D eigenvalue weighted by molar-refractivity contribution is 5.92. The van der Waals surface area contributed by atoms with Gasteiger partial charge in [0.15, 0.2) is 0 Å². The van der Waals surface area contributed by atoms with Gasteiger partial charge in [0.25, 0.3) is 11.5 Å². The molecule has 0 unspecified atom stereocenters. The molecule has 27 heavy (non-hydrogen) atoms. The Balaban J connectivity index is 1.54. The highest BCUT2D eigenvalue weighted by Crippen LogP contribution is 2.18. The summed E-state index contributed by atoms with van der Waals surface area (Å²) >= 11 is 0. The molecule has 8 nitrogen and oxygen atoms in total. The molecule has 3 rings (SSSR count). The predicted octanol–water partition coefficient (Wildman–Crippen LogP) is 0.789. The topological polar surface area (TPSA) is 84.2 Å². The van der Waals surface area contributed by atoms with Crippen LogP contribution in [0.15, 0.2) is 35.5 Å². The van der Waals surface area contributed by atoms with Crippen molar-refractivity contribution in [2.45, 2.75) is 32.7 Å². The van der Waals surface area contributed by atoms with Gasteiger partial charge in [-0.15, -0.1) is 0 Å². The average molecular weight is 370 g/mol. The molecule has 0 spiro atoms. The molecule has 8 heteroatoms. The van der Waals surface area contributed by atoms with E-state index in [0.29, 0.717) is 25.3 Å². The molecule has 1 amide bonds. The molecule has 1 saturated heterocycles. The maximum atomic E-state index is 12.4. The van der Waals surface area contributed by atoms with E-state index in [1.807, 2.05) is 0 Å². The largest absolute Gasteiger partial charge is 0.335 e. The van der Waals surface area contributed by atoms with Gasteiger partial charge in [0.1, 0.15) is 5.69 Å². The molecule has 0 atom stereocenters. The van der Waals surface area contributed by atoms with E-state index in [4.69, 9.17) is 0 Å². The molecule has 0 saturated carbocycles. The highest BCUT2D eigenvalue weighted by Gasteiger charge is 2.23. The highest BCUT2D eigenvalue weighted by atomic mass is 16.2. The number of rotatable bonds is 4. The molecule has 0 radical (unpaired) electrons. The van der Waals surface area contributed by atoms with Crippen LogP contribution in [0, 0.1) is 0 Å². The lowest BCUT2D eigenvalue weighted by atomic mass is 9.92. The second-order valence-corrected chi connectivity index (χ2v) is 7.75. The normalized spacial score (nSPS) is 15.7. The fraction of sp³-hybridized carbons (Fsp3) is 0.526. The van der Waals surface area contributed by atoms with E-state index in [-0.39, 0.29) is 16.9 Å². The summed E-state index contributed by atoms with van der Waals surface area (Å²) in [5.74, 6) is -0.0847. The Morgan fingerprint density at radius 3 is 2.44 bits per heavy atom. The van der Waals surface area contributed by atoms with Crippen LogP contribution in [-0.2, 0) is 12.0 Å². The van der Waals surface area contributed by atoms with Crippen molar-refractivity contribution in [1.82, 2.24) is 29.5 Å². The van der Waals surface area contributed by atoms with Crippen LogP contribution in [0.4, 0.5) is 0 Å². The molecule has 2 aromatic rings. The summed E-state index contributed by atoms with van der Waals surface area (Å²) in [6.45, 7) is 10.3. The van der Waals surface area contributed by atoms with Crippen molar-refractivity contribution >= 4 is 5.91 Å². The minimum atomic E-state index is -0.0955. The number of piperazine rings is 1. The van der Waals surface area contributed by atoms with Gasteiger partial charge in [-0.2, -0.15) is 5.10 Å². The third-order valence-electron chi connectivity index (χ3n) is 4.70. The van der Waals surface area contributed by atoms with Gasteiger partial charge in [-0.1, -0.05) is 20.8 Å². The maximum absolute atomic E-state index is 12.4. The molecular formula is C19H26N6O2. The summed E-state index contributed by atoms with van der Waals surface area (Å²) in [6, 6.07) is 3.39. The first kappa shape index (κ1) is 19.2. The number of amides is 1. The SMILES string of the molecule is CC(C)(C)c1ccc(=O)n(CCN2CCN(C(=O)c3cnccn3)CC2)n1. The monoisotopic (exact) mass is 370 g/mol. The van der Waals surface area contributed by atoms with Gasteiger partial charge in [-0.25, -0.2) is 9.67 Å². The van der Waals surface area contributed by atoms with Gasteiger partial charge in [0, 0.05) is 56.6 Å². The Labute approximate surface area is 158 Å². The van der Waals surface area contributed by atoms with Gasteiger partial charge in [0.2, 0.25) is 0 Å². The Morgan fingerprint density at radius 2 is 1.81 bits per heavy atom. The third kappa shape index (κ3) is 4.77. The van der Waals surface area contributed by atoms with Gasteiger partial charge >= 0.3 is 0 Å².